The van der Waals surface area contributed by atoms with Crippen LogP contribution in [0.2, 0.25) is 0 Å². The summed E-state index contributed by atoms with van der Waals surface area (Å²) >= 11 is 0. The summed E-state index contributed by atoms with van der Waals surface area (Å²) in [6, 6.07) is 0. The van der Waals surface area contributed by atoms with E-state index in [9.17, 15) is 9.59 Å². The standard InChI is InChI=1S/C10H14O2/c1-3-5-9(7-11)10(8-12)6-4-2/h5-8H,3-4H2,1-2H3/b9-5+,10-6+. The third-order valence-electron chi connectivity index (χ3n) is 1.44. The van der Waals surface area contributed by atoms with Gasteiger partial charge in [0, 0.05) is 11.1 Å². The van der Waals surface area contributed by atoms with Crippen molar-refractivity contribution < 1.29 is 9.59 Å². The van der Waals surface area contributed by atoms with Crippen LogP contribution in [0.4, 0.5) is 0 Å². The first-order chi connectivity index (χ1) is 5.79. The molecule has 66 valence electrons. The highest BCUT2D eigenvalue weighted by Gasteiger charge is 2.00. The third kappa shape index (κ3) is 3.28. The van der Waals surface area contributed by atoms with Crippen molar-refractivity contribution in [2.75, 3.05) is 0 Å². The van der Waals surface area contributed by atoms with E-state index in [1.165, 1.54) is 0 Å². The van der Waals surface area contributed by atoms with Gasteiger partial charge in [-0.2, -0.15) is 0 Å². The van der Waals surface area contributed by atoms with Crippen LogP contribution in [0.15, 0.2) is 23.3 Å². The first-order valence-electron chi connectivity index (χ1n) is 4.11. The molecule has 0 aromatic carbocycles. The van der Waals surface area contributed by atoms with Crippen molar-refractivity contribution in [2.24, 2.45) is 0 Å². The molecule has 0 spiro atoms. The van der Waals surface area contributed by atoms with Crippen LogP contribution < -0.4 is 0 Å². The predicted molar refractivity (Wildman–Crippen MR) is 48.9 cm³/mol. The average Bonchev–Trinajstić information content (AvgIpc) is 2.11. The topological polar surface area (TPSA) is 34.1 Å². The second-order valence-corrected chi connectivity index (χ2v) is 2.37. The molecule has 0 aromatic rings. The minimum absolute atomic E-state index is 0.495. The van der Waals surface area contributed by atoms with Crippen LogP contribution in [0.1, 0.15) is 26.7 Å². The smallest absolute Gasteiger partial charge is 0.150 e. The number of carbonyl (C=O) groups is 2. The van der Waals surface area contributed by atoms with E-state index in [1.807, 2.05) is 13.8 Å². The molecule has 12 heavy (non-hydrogen) atoms. The quantitative estimate of drug-likeness (QED) is 0.356. The van der Waals surface area contributed by atoms with Crippen molar-refractivity contribution in [3.05, 3.63) is 23.3 Å². The summed E-state index contributed by atoms with van der Waals surface area (Å²) in [4.78, 5) is 21.0. The fourth-order valence-corrected chi connectivity index (χ4v) is 0.908. The van der Waals surface area contributed by atoms with Gasteiger partial charge in [0.15, 0.2) is 0 Å². The largest absolute Gasteiger partial charge is 0.298 e. The zero-order chi connectivity index (χ0) is 9.40. The van der Waals surface area contributed by atoms with E-state index >= 15 is 0 Å². The van der Waals surface area contributed by atoms with Crippen molar-refractivity contribution in [3.8, 4) is 0 Å². The highest BCUT2D eigenvalue weighted by molar-refractivity contribution is 5.94. The lowest BCUT2D eigenvalue weighted by Crippen LogP contribution is -1.92. The predicted octanol–water partition coefficient (Wildman–Crippen LogP) is 2.06. The molecule has 0 heterocycles. The maximum atomic E-state index is 10.5. The number of rotatable bonds is 5. The van der Waals surface area contributed by atoms with E-state index in [0.29, 0.717) is 11.1 Å². The first kappa shape index (κ1) is 10.8. The van der Waals surface area contributed by atoms with E-state index < -0.39 is 0 Å². The Labute approximate surface area is 73.0 Å². The maximum Gasteiger partial charge on any atom is 0.150 e. The molecule has 0 atom stereocenters. The van der Waals surface area contributed by atoms with Crippen molar-refractivity contribution in [2.45, 2.75) is 26.7 Å². The highest BCUT2D eigenvalue weighted by atomic mass is 16.1. The van der Waals surface area contributed by atoms with E-state index in [4.69, 9.17) is 0 Å². The summed E-state index contributed by atoms with van der Waals surface area (Å²) < 4.78 is 0. The Morgan fingerprint density at radius 1 is 0.917 bits per heavy atom. The van der Waals surface area contributed by atoms with Gasteiger partial charge in [0.05, 0.1) is 0 Å². The molecule has 2 heteroatoms. The van der Waals surface area contributed by atoms with E-state index in [2.05, 4.69) is 0 Å². The number of hydrogen-bond acceptors (Lipinski definition) is 2. The molecule has 2 nitrogen and oxygen atoms in total. The van der Waals surface area contributed by atoms with Crippen LogP contribution in [0, 0.1) is 0 Å². The molecule has 0 saturated heterocycles. The molecule has 0 aliphatic rings. The zero-order valence-electron chi connectivity index (χ0n) is 7.54. The first-order valence-corrected chi connectivity index (χ1v) is 4.11. The second kappa shape index (κ2) is 6.53. The Balaban J connectivity index is 4.67. The monoisotopic (exact) mass is 166 g/mol. The van der Waals surface area contributed by atoms with Crippen molar-refractivity contribution >= 4 is 12.6 Å². The fourth-order valence-electron chi connectivity index (χ4n) is 0.908. The van der Waals surface area contributed by atoms with Gasteiger partial charge >= 0.3 is 0 Å². The summed E-state index contributed by atoms with van der Waals surface area (Å²) in [5.74, 6) is 0. The summed E-state index contributed by atoms with van der Waals surface area (Å²) in [5, 5.41) is 0. The SMILES string of the molecule is CC/C=C(C=O)/C(C=O)=C/CC. The van der Waals surface area contributed by atoms with E-state index in [-0.39, 0.29) is 0 Å². The Morgan fingerprint density at radius 2 is 1.25 bits per heavy atom. The van der Waals surface area contributed by atoms with Gasteiger partial charge in [0.25, 0.3) is 0 Å². The summed E-state index contributed by atoms with van der Waals surface area (Å²) in [5.41, 5.74) is 0.990. The lowest BCUT2D eigenvalue weighted by molar-refractivity contribution is -0.107. The number of hydrogen-bond donors (Lipinski definition) is 0. The van der Waals surface area contributed by atoms with Gasteiger partial charge in [-0.15, -0.1) is 0 Å². The van der Waals surface area contributed by atoms with Gasteiger partial charge in [0.1, 0.15) is 12.6 Å². The van der Waals surface area contributed by atoms with Crippen LogP contribution in [0.3, 0.4) is 0 Å². The van der Waals surface area contributed by atoms with Crippen molar-refractivity contribution in [3.63, 3.8) is 0 Å². The van der Waals surface area contributed by atoms with Gasteiger partial charge < -0.3 is 0 Å². The number of aldehydes is 2. The molecule has 0 rings (SSSR count). The summed E-state index contributed by atoms with van der Waals surface area (Å²) in [6.07, 6.45) is 6.48. The van der Waals surface area contributed by atoms with Crippen LogP contribution in [0.25, 0.3) is 0 Å². The van der Waals surface area contributed by atoms with Crippen LogP contribution in [-0.4, -0.2) is 12.6 Å². The Hall–Kier alpha value is -1.18. The zero-order valence-corrected chi connectivity index (χ0v) is 7.54. The fraction of sp³-hybridized carbons (Fsp3) is 0.400. The molecule has 0 N–H and O–H groups in total. The lowest BCUT2D eigenvalue weighted by Gasteiger charge is -1.96. The summed E-state index contributed by atoms with van der Waals surface area (Å²) in [6.45, 7) is 3.86. The Bertz CT molecular complexity index is 188. The van der Waals surface area contributed by atoms with Crippen molar-refractivity contribution in [1.29, 1.82) is 0 Å². The van der Waals surface area contributed by atoms with Gasteiger partial charge in [-0.3, -0.25) is 9.59 Å². The Kier molecular flexibility index (Phi) is 5.88. The molecule has 0 aromatic heterocycles. The number of allylic oxidation sites excluding steroid dienone is 4. The van der Waals surface area contributed by atoms with E-state index in [1.54, 1.807) is 12.2 Å². The molecule has 0 saturated carbocycles. The van der Waals surface area contributed by atoms with Crippen LogP contribution in [-0.2, 0) is 9.59 Å². The Morgan fingerprint density at radius 3 is 1.42 bits per heavy atom. The van der Waals surface area contributed by atoms with Crippen LogP contribution >= 0.6 is 0 Å². The molecule has 0 fully saturated rings. The molecular formula is C10H14O2. The van der Waals surface area contributed by atoms with Gasteiger partial charge in [-0.05, 0) is 12.8 Å². The van der Waals surface area contributed by atoms with E-state index in [0.717, 1.165) is 25.4 Å². The second-order valence-electron chi connectivity index (χ2n) is 2.37. The molecule has 0 unspecified atom stereocenters. The molecule has 0 aliphatic heterocycles. The minimum Gasteiger partial charge on any atom is -0.298 e. The van der Waals surface area contributed by atoms with Crippen LogP contribution in [0.5, 0.6) is 0 Å². The highest BCUT2D eigenvalue weighted by Crippen LogP contribution is 2.06. The normalized spacial score (nSPS) is 12.8. The maximum absolute atomic E-state index is 10.5. The molecular weight excluding hydrogens is 152 g/mol. The van der Waals surface area contributed by atoms with Gasteiger partial charge in [0.2, 0.25) is 0 Å². The summed E-state index contributed by atoms with van der Waals surface area (Å²) in [7, 11) is 0. The average molecular weight is 166 g/mol. The number of carbonyl (C=O) groups excluding carboxylic acids is 2. The molecule has 0 aliphatic carbocycles. The minimum atomic E-state index is 0.495. The van der Waals surface area contributed by atoms with Gasteiger partial charge in [-0.1, -0.05) is 26.0 Å². The third-order valence-corrected chi connectivity index (χ3v) is 1.44. The molecule has 0 radical (unpaired) electrons. The molecule has 0 amide bonds. The van der Waals surface area contributed by atoms with Gasteiger partial charge in [-0.25, -0.2) is 0 Å². The van der Waals surface area contributed by atoms with Crippen molar-refractivity contribution in [1.82, 2.24) is 0 Å². The lowest BCUT2D eigenvalue weighted by atomic mass is 10.1. The molecule has 0 bridgehead atoms.